The van der Waals surface area contributed by atoms with Crippen molar-refractivity contribution < 1.29 is 28.5 Å². The number of Topliss-reactive ketones (excluding diaryl/α,β-unsaturated/α-hetero) is 2. The highest BCUT2D eigenvalue weighted by atomic mass is 32.2. The lowest BCUT2D eigenvalue weighted by molar-refractivity contribution is 0.100. The molecule has 9 heteroatoms. The topological polar surface area (TPSA) is 71.1 Å². The normalized spacial score (nSPS) is 8.64. The summed E-state index contributed by atoms with van der Waals surface area (Å²) < 4.78 is 22.0. The van der Waals surface area contributed by atoms with Crippen molar-refractivity contribution in [1.29, 1.82) is 0 Å². The van der Waals surface area contributed by atoms with Gasteiger partial charge < -0.3 is 18.9 Å². The van der Waals surface area contributed by atoms with E-state index in [0.717, 1.165) is 34.5 Å². The van der Waals surface area contributed by atoms with E-state index in [0.29, 0.717) is 11.1 Å². The average Bonchev–Trinajstić information content (AvgIpc) is 0.921. The molecule has 0 saturated carbocycles. The van der Waals surface area contributed by atoms with Gasteiger partial charge in [0.05, 0.1) is 0 Å². The minimum absolute atomic E-state index is 0. The van der Waals surface area contributed by atoms with Crippen LogP contribution in [0.1, 0.15) is 153 Å². The first-order chi connectivity index (χ1) is 50.3. The van der Waals surface area contributed by atoms with Gasteiger partial charge in [-0.15, -0.1) is 0 Å². The fourth-order valence-electron chi connectivity index (χ4n) is 7.29. The Bertz CT molecular complexity index is 3430. The van der Waals surface area contributed by atoms with Crippen molar-refractivity contribution in [2.45, 2.75) is 161 Å². The largest absolute Gasteiger partial charge is 0.458 e. The second-order valence-corrected chi connectivity index (χ2v) is 21.6. The molecular weight excluding hydrogens is 1320 g/mol. The molecule has 0 fully saturated rings. The lowest BCUT2D eigenvalue weighted by Gasteiger charge is -2.07. The molecule has 0 aliphatic rings. The van der Waals surface area contributed by atoms with Crippen molar-refractivity contribution in [2.24, 2.45) is 0 Å². The van der Waals surface area contributed by atoms with Crippen LogP contribution in [-0.4, -0.2) is 18.4 Å². The summed E-state index contributed by atoms with van der Waals surface area (Å²) in [5.74, 6) is 4.79. The minimum atomic E-state index is 0. The SMILES string of the molecule is C.CC.CC.CC.CC.CC.CC.CC.CC.CC(=O)c1ccc(Oc2ccccc2)cc1.CC(=O)c1ccc(Oc2ccccc2)cc1.c1ccc(OCOc2ccccc2)cc1.c1ccc(Sc2ccc(Sc3ccccc3)cc2)cc1.c1ccc(Sc2ccccc2)cc1.c1ccccc1. The Labute approximate surface area is 636 Å². The molecule has 0 bridgehead atoms. The number of benzene rings is 12. The van der Waals surface area contributed by atoms with Crippen molar-refractivity contribution >= 4 is 46.9 Å². The Hall–Kier alpha value is -9.77. The first-order valence-corrected chi connectivity index (χ1v) is 38.1. The lowest BCUT2D eigenvalue weighted by atomic mass is 10.1. The minimum Gasteiger partial charge on any atom is -0.458 e. The highest BCUT2D eigenvalue weighted by Crippen LogP contribution is 2.32. The Balaban J connectivity index is -0.00000113. The van der Waals surface area contributed by atoms with Crippen molar-refractivity contribution in [3.8, 4) is 34.5 Å². The van der Waals surface area contributed by atoms with Crippen LogP contribution in [0.15, 0.2) is 381 Å². The Morgan fingerprint density at radius 2 is 0.369 bits per heavy atom. The Morgan fingerprint density at radius 1 is 0.214 bits per heavy atom. The van der Waals surface area contributed by atoms with E-state index in [1.807, 2.05) is 293 Å². The fraction of sp³-hybridized carbons (Fsp3) is 0.213. The van der Waals surface area contributed by atoms with Crippen LogP contribution in [0, 0.1) is 0 Å². The highest BCUT2D eigenvalue weighted by Gasteiger charge is 2.04. The highest BCUT2D eigenvalue weighted by molar-refractivity contribution is 8.00. The van der Waals surface area contributed by atoms with E-state index < -0.39 is 0 Å². The van der Waals surface area contributed by atoms with Crippen LogP contribution in [0.2, 0.25) is 0 Å². The van der Waals surface area contributed by atoms with Crippen LogP contribution in [-0.2, 0) is 0 Å². The van der Waals surface area contributed by atoms with E-state index in [2.05, 4.69) is 121 Å². The molecule has 0 atom stereocenters. The first-order valence-electron chi connectivity index (χ1n) is 35.7. The number of carbonyl (C=O) groups is 2. The number of hydrogen-bond donors (Lipinski definition) is 0. The van der Waals surface area contributed by atoms with Crippen LogP contribution in [0.5, 0.6) is 34.5 Å². The van der Waals surface area contributed by atoms with E-state index >= 15 is 0 Å². The van der Waals surface area contributed by atoms with Crippen molar-refractivity contribution in [3.63, 3.8) is 0 Å². The third kappa shape index (κ3) is 48.7. The summed E-state index contributed by atoms with van der Waals surface area (Å²) in [6.45, 7) is 35.3. The van der Waals surface area contributed by atoms with Gasteiger partial charge in [-0.2, -0.15) is 0 Å². The smallest absolute Gasteiger partial charge is 0.230 e. The third-order valence-electron chi connectivity index (χ3n) is 11.6. The van der Waals surface area contributed by atoms with E-state index in [4.69, 9.17) is 18.9 Å². The van der Waals surface area contributed by atoms with Gasteiger partial charge in [-0.25, -0.2) is 0 Å². The van der Waals surface area contributed by atoms with Gasteiger partial charge in [0.25, 0.3) is 0 Å². The van der Waals surface area contributed by atoms with Crippen molar-refractivity contribution in [1.82, 2.24) is 0 Å². The summed E-state index contributed by atoms with van der Waals surface area (Å²) in [6.07, 6.45) is 0. The molecule has 12 rings (SSSR count). The van der Waals surface area contributed by atoms with Crippen molar-refractivity contribution in [2.75, 3.05) is 6.79 Å². The lowest BCUT2D eigenvalue weighted by Crippen LogP contribution is -2.05. The molecule has 12 aromatic rings. The predicted octanol–water partition coefficient (Wildman–Crippen LogP) is 30.8. The fourth-order valence-corrected chi connectivity index (χ4v) is 9.82. The summed E-state index contributed by atoms with van der Waals surface area (Å²) in [7, 11) is 0. The van der Waals surface area contributed by atoms with Crippen LogP contribution < -0.4 is 18.9 Å². The maximum atomic E-state index is 11.1. The van der Waals surface area contributed by atoms with Crippen LogP contribution in [0.4, 0.5) is 0 Å². The van der Waals surface area contributed by atoms with Crippen molar-refractivity contribution in [3.05, 3.63) is 363 Å². The monoisotopic (exact) mass is 1440 g/mol. The summed E-state index contributed by atoms with van der Waals surface area (Å²) in [5, 5.41) is 0. The van der Waals surface area contributed by atoms with Crippen LogP contribution >= 0.6 is 35.3 Å². The molecule has 0 aliphatic heterocycles. The zero-order valence-electron chi connectivity index (χ0n) is 63.9. The molecule has 0 amide bonds. The molecule has 12 aromatic carbocycles. The van der Waals surface area contributed by atoms with E-state index in [1.54, 1.807) is 97.7 Å². The molecule has 0 spiro atoms. The maximum absolute atomic E-state index is 11.1. The van der Waals surface area contributed by atoms with Crippen LogP contribution in [0.25, 0.3) is 0 Å². The zero-order chi connectivity index (χ0) is 75.9. The first kappa shape index (κ1) is 97.4. The second kappa shape index (κ2) is 70.7. The number of hydrogen-bond acceptors (Lipinski definition) is 9. The molecule has 548 valence electrons. The Morgan fingerprint density at radius 3 is 0.563 bits per heavy atom. The molecule has 0 heterocycles. The number of para-hydroxylation sites is 4. The average molecular weight is 1440 g/mol. The van der Waals surface area contributed by atoms with Gasteiger partial charge in [0.15, 0.2) is 11.6 Å². The third-order valence-corrected chi connectivity index (χ3v) is 14.6. The number of rotatable bonds is 16. The van der Waals surface area contributed by atoms with E-state index in [1.165, 1.54) is 29.4 Å². The van der Waals surface area contributed by atoms with Gasteiger partial charge in [0.1, 0.15) is 34.5 Å². The van der Waals surface area contributed by atoms with Gasteiger partial charge in [0, 0.05) is 40.5 Å². The molecular formula is C94H118O6S3. The number of carbonyl (C=O) groups excluding carboxylic acids is 2. The Kier molecular flexibility index (Phi) is 66.8. The zero-order valence-corrected chi connectivity index (χ0v) is 66.3. The van der Waals surface area contributed by atoms with Gasteiger partial charge >= 0.3 is 0 Å². The summed E-state index contributed by atoms with van der Waals surface area (Å²) in [6, 6.07) is 115. The molecule has 0 unspecified atom stereocenters. The molecule has 0 radical (unpaired) electrons. The molecule has 103 heavy (non-hydrogen) atoms. The number of ketones is 2. The van der Waals surface area contributed by atoms with Gasteiger partial charge in [-0.3, -0.25) is 9.59 Å². The van der Waals surface area contributed by atoms with Gasteiger partial charge in [-0.1, -0.05) is 335 Å². The van der Waals surface area contributed by atoms with Gasteiger partial charge in [0.2, 0.25) is 6.79 Å². The standard InChI is InChI=1S/C18H14S2.2C14H12O2.C13H12O2.C12H10S.C6H6.8C2H6.CH4/c1-3-7-15(8-4-1)19-17-11-13-18(14-12-17)20-16-9-5-2-6-10-16;2*1-11(15)12-7-9-14(10-8-12)16-13-5-3-2-4-6-13;1-3-7-12(8-4-1)14-11-15-13-9-5-2-6-10-13;1-3-7-11(8-4-1)13-12-9-5-2-6-10-12;1-2-4-6-5-3-1;8*1-2;/h1-14H;2*2-10H,1H3;1-10H,11H2;1-10H;1-6H;8*1-2H3;1H4. The molecule has 0 saturated heterocycles. The molecule has 0 aliphatic carbocycles. The summed E-state index contributed by atoms with van der Waals surface area (Å²) >= 11 is 5.37. The molecule has 0 N–H and O–H groups in total. The summed E-state index contributed by atoms with van der Waals surface area (Å²) in [5.41, 5.74) is 1.39. The predicted molar refractivity (Wildman–Crippen MR) is 453 cm³/mol. The van der Waals surface area contributed by atoms with Gasteiger partial charge in [-0.05, 0) is 184 Å². The quantitative estimate of drug-likeness (QED) is 0.0695. The number of ether oxygens (including phenoxy) is 4. The second-order valence-electron chi connectivity index (χ2n) is 18.2. The van der Waals surface area contributed by atoms with E-state index in [9.17, 15) is 9.59 Å². The molecule has 6 nitrogen and oxygen atoms in total. The molecule has 0 aromatic heterocycles. The maximum Gasteiger partial charge on any atom is 0.230 e. The van der Waals surface area contributed by atoms with Crippen LogP contribution in [0.3, 0.4) is 0 Å². The van der Waals surface area contributed by atoms with E-state index in [-0.39, 0.29) is 25.8 Å². The summed E-state index contributed by atoms with van der Waals surface area (Å²) in [4.78, 5) is 29.8.